The molecule has 0 aromatic heterocycles. The Hall–Kier alpha value is -0.0900. The Kier molecular flexibility index (Phi) is 1.68. The third-order valence-electron chi connectivity index (χ3n) is 2.64. The molecule has 2 aliphatic heterocycles. The van der Waals surface area contributed by atoms with E-state index in [4.69, 9.17) is 0 Å². The Morgan fingerprint density at radius 3 is 2.73 bits per heavy atom. The maximum Gasteiger partial charge on any atom is 0.214 e. The molecule has 0 aliphatic carbocycles. The van der Waals surface area contributed by atoms with Crippen LogP contribution in [0.3, 0.4) is 0 Å². The zero-order chi connectivity index (χ0) is 7.90. The first-order chi connectivity index (χ1) is 5.20. The molecule has 0 saturated carbocycles. The summed E-state index contributed by atoms with van der Waals surface area (Å²) in [6.07, 6.45) is 4.20. The SMILES string of the molecule is O=S1(=O)CCC2CCCCN21. The van der Waals surface area contributed by atoms with Crippen molar-refractivity contribution in [2.24, 2.45) is 0 Å². The van der Waals surface area contributed by atoms with Crippen LogP contribution < -0.4 is 0 Å². The van der Waals surface area contributed by atoms with Gasteiger partial charge in [-0.2, -0.15) is 4.31 Å². The van der Waals surface area contributed by atoms with Crippen LogP contribution in [0.1, 0.15) is 25.7 Å². The van der Waals surface area contributed by atoms with E-state index >= 15 is 0 Å². The lowest BCUT2D eigenvalue weighted by Gasteiger charge is -2.27. The third kappa shape index (κ3) is 1.18. The minimum atomic E-state index is -2.81. The molecule has 0 radical (unpaired) electrons. The fourth-order valence-electron chi connectivity index (χ4n) is 2.03. The molecule has 0 bridgehead atoms. The summed E-state index contributed by atoms with van der Waals surface area (Å²) in [6, 6.07) is 0.355. The van der Waals surface area contributed by atoms with Crippen molar-refractivity contribution < 1.29 is 8.42 Å². The number of nitrogens with zero attached hydrogens (tertiary/aromatic N) is 1. The van der Waals surface area contributed by atoms with E-state index in [1.165, 1.54) is 6.42 Å². The van der Waals surface area contributed by atoms with Gasteiger partial charge in [0.15, 0.2) is 0 Å². The van der Waals surface area contributed by atoms with Crippen LogP contribution in [0, 0.1) is 0 Å². The molecule has 11 heavy (non-hydrogen) atoms. The van der Waals surface area contributed by atoms with Gasteiger partial charge >= 0.3 is 0 Å². The molecule has 1 unspecified atom stereocenters. The van der Waals surface area contributed by atoms with Crippen molar-refractivity contribution in [1.82, 2.24) is 4.31 Å². The zero-order valence-corrected chi connectivity index (χ0v) is 7.31. The number of piperidine rings is 1. The maximum absolute atomic E-state index is 11.3. The average Bonchev–Trinajstić information content (AvgIpc) is 2.29. The van der Waals surface area contributed by atoms with Gasteiger partial charge in [-0.05, 0) is 19.3 Å². The quantitative estimate of drug-likeness (QED) is 0.540. The Morgan fingerprint density at radius 2 is 2.00 bits per heavy atom. The van der Waals surface area contributed by atoms with Gasteiger partial charge in [-0.3, -0.25) is 0 Å². The standard InChI is InChI=1S/C7H13NO2S/c9-11(10)6-4-7-3-1-2-5-8(7)11/h7H,1-6H2. The van der Waals surface area contributed by atoms with Crippen LogP contribution in [0.15, 0.2) is 0 Å². The Balaban J connectivity index is 2.23. The Labute approximate surface area is 67.4 Å². The van der Waals surface area contributed by atoms with Gasteiger partial charge in [0.05, 0.1) is 5.75 Å². The summed E-state index contributed by atoms with van der Waals surface area (Å²) in [5, 5.41) is 0. The smallest absolute Gasteiger partial charge is 0.212 e. The van der Waals surface area contributed by atoms with Gasteiger partial charge in [-0.15, -0.1) is 0 Å². The molecule has 2 fully saturated rings. The van der Waals surface area contributed by atoms with Gasteiger partial charge in [0.1, 0.15) is 0 Å². The highest BCUT2D eigenvalue weighted by atomic mass is 32.2. The van der Waals surface area contributed by atoms with Crippen molar-refractivity contribution >= 4 is 10.0 Å². The first-order valence-electron chi connectivity index (χ1n) is 4.20. The van der Waals surface area contributed by atoms with Crippen LogP contribution >= 0.6 is 0 Å². The lowest BCUT2D eigenvalue weighted by atomic mass is 10.0. The van der Waals surface area contributed by atoms with Gasteiger partial charge in [-0.25, -0.2) is 8.42 Å². The van der Waals surface area contributed by atoms with Crippen molar-refractivity contribution in [2.45, 2.75) is 31.7 Å². The fraction of sp³-hybridized carbons (Fsp3) is 1.00. The highest BCUT2D eigenvalue weighted by Gasteiger charge is 2.38. The molecule has 2 rings (SSSR count). The zero-order valence-electron chi connectivity index (χ0n) is 6.49. The van der Waals surface area contributed by atoms with E-state index in [0.29, 0.717) is 11.8 Å². The van der Waals surface area contributed by atoms with E-state index in [0.717, 1.165) is 25.8 Å². The molecule has 1 atom stereocenters. The second-order valence-electron chi connectivity index (χ2n) is 3.37. The summed E-state index contributed by atoms with van der Waals surface area (Å²) in [5.41, 5.74) is 0. The first kappa shape index (κ1) is 7.55. The van der Waals surface area contributed by atoms with Gasteiger partial charge in [0.25, 0.3) is 0 Å². The summed E-state index contributed by atoms with van der Waals surface area (Å²) in [4.78, 5) is 0. The molecule has 0 amide bonds. The minimum absolute atomic E-state index is 0.355. The van der Waals surface area contributed by atoms with Crippen LogP contribution in [-0.4, -0.2) is 31.1 Å². The monoisotopic (exact) mass is 175 g/mol. The average molecular weight is 175 g/mol. The lowest BCUT2D eigenvalue weighted by molar-refractivity contribution is 0.271. The van der Waals surface area contributed by atoms with Gasteiger partial charge in [0.2, 0.25) is 10.0 Å². The molecular weight excluding hydrogens is 162 g/mol. The first-order valence-corrected chi connectivity index (χ1v) is 5.80. The lowest BCUT2D eigenvalue weighted by Crippen LogP contribution is -2.37. The van der Waals surface area contributed by atoms with Crippen LogP contribution in [-0.2, 0) is 10.0 Å². The van der Waals surface area contributed by atoms with E-state index in [1.54, 1.807) is 4.31 Å². The van der Waals surface area contributed by atoms with Crippen molar-refractivity contribution in [3.63, 3.8) is 0 Å². The molecule has 4 heteroatoms. The summed E-state index contributed by atoms with van der Waals surface area (Å²) in [7, 11) is -2.81. The summed E-state index contributed by atoms with van der Waals surface area (Å²) in [5.74, 6) is 0.387. The number of hydrogen-bond donors (Lipinski definition) is 0. The van der Waals surface area contributed by atoms with E-state index in [2.05, 4.69) is 0 Å². The molecule has 0 aromatic carbocycles. The highest BCUT2D eigenvalue weighted by Crippen LogP contribution is 2.29. The van der Waals surface area contributed by atoms with Gasteiger partial charge in [-0.1, -0.05) is 6.42 Å². The molecule has 2 heterocycles. The normalized spacial score (nSPS) is 36.9. The fourth-order valence-corrected chi connectivity index (χ4v) is 3.91. The summed E-state index contributed by atoms with van der Waals surface area (Å²) in [6.45, 7) is 0.771. The second kappa shape index (κ2) is 2.45. The van der Waals surface area contributed by atoms with Crippen molar-refractivity contribution in [2.75, 3.05) is 12.3 Å². The van der Waals surface area contributed by atoms with Crippen molar-refractivity contribution in [3.05, 3.63) is 0 Å². The molecule has 2 saturated heterocycles. The van der Waals surface area contributed by atoms with E-state index in [1.807, 2.05) is 0 Å². The summed E-state index contributed by atoms with van der Waals surface area (Å²) >= 11 is 0. The van der Waals surface area contributed by atoms with Gasteiger partial charge < -0.3 is 0 Å². The number of hydrogen-bond acceptors (Lipinski definition) is 2. The number of sulfonamides is 1. The number of fused-ring (bicyclic) bond motifs is 1. The van der Waals surface area contributed by atoms with Crippen LogP contribution in [0.2, 0.25) is 0 Å². The predicted octanol–water partition coefficient (Wildman–Crippen LogP) is 0.574. The molecule has 0 N–H and O–H groups in total. The third-order valence-corrected chi connectivity index (χ3v) is 4.59. The molecule has 0 spiro atoms. The number of rotatable bonds is 0. The van der Waals surface area contributed by atoms with E-state index in [9.17, 15) is 8.42 Å². The molecule has 3 nitrogen and oxygen atoms in total. The minimum Gasteiger partial charge on any atom is -0.212 e. The van der Waals surface area contributed by atoms with Gasteiger partial charge in [0, 0.05) is 12.6 Å². The van der Waals surface area contributed by atoms with E-state index < -0.39 is 10.0 Å². The molecule has 64 valence electrons. The van der Waals surface area contributed by atoms with Crippen LogP contribution in [0.5, 0.6) is 0 Å². The Bertz CT molecular complexity index is 247. The largest absolute Gasteiger partial charge is 0.214 e. The maximum atomic E-state index is 11.3. The molecule has 0 aromatic rings. The van der Waals surface area contributed by atoms with Crippen molar-refractivity contribution in [1.29, 1.82) is 0 Å². The highest BCUT2D eigenvalue weighted by molar-refractivity contribution is 7.89. The van der Waals surface area contributed by atoms with E-state index in [-0.39, 0.29) is 0 Å². The second-order valence-corrected chi connectivity index (χ2v) is 5.41. The topological polar surface area (TPSA) is 37.4 Å². The van der Waals surface area contributed by atoms with Crippen LogP contribution in [0.4, 0.5) is 0 Å². The molecular formula is C7H13NO2S. The van der Waals surface area contributed by atoms with Crippen LogP contribution in [0.25, 0.3) is 0 Å². The summed E-state index contributed by atoms with van der Waals surface area (Å²) < 4.78 is 24.3. The predicted molar refractivity (Wildman–Crippen MR) is 42.7 cm³/mol. The Morgan fingerprint density at radius 1 is 1.18 bits per heavy atom. The molecule has 2 aliphatic rings. The van der Waals surface area contributed by atoms with Crippen molar-refractivity contribution in [3.8, 4) is 0 Å².